The van der Waals surface area contributed by atoms with Crippen molar-refractivity contribution in [2.75, 3.05) is 25.5 Å². The summed E-state index contributed by atoms with van der Waals surface area (Å²) < 4.78 is 5.92. The number of amidine groups is 1. The predicted molar refractivity (Wildman–Crippen MR) is 148 cm³/mol. The fourth-order valence-electron chi connectivity index (χ4n) is 5.76. The fraction of sp³-hybridized carbons (Fsp3) is 0.519. The van der Waals surface area contributed by atoms with E-state index >= 15 is 0 Å². The van der Waals surface area contributed by atoms with Crippen molar-refractivity contribution in [2.45, 2.75) is 69.8 Å². The number of hydrazone groups is 1. The number of nitrogens with one attached hydrogen (secondary N) is 1. The number of nitrogens with zero attached hydrogens (tertiary/aromatic N) is 6. The second kappa shape index (κ2) is 11.7. The van der Waals surface area contributed by atoms with Gasteiger partial charge in [0.25, 0.3) is 5.91 Å². The Morgan fingerprint density at radius 1 is 1.25 bits per heavy atom. The van der Waals surface area contributed by atoms with E-state index in [1.54, 1.807) is 42.3 Å². The minimum atomic E-state index is -0.450. The molecule has 0 aromatic carbocycles. The van der Waals surface area contributed by atoms with Crippen molar-refractivity contribution in [3.05, 3.63) is 53.0 Å². The molecule has 5 rings (SSSR count). The molecule has 13 nitrogen and oxygen atoms in total. The first kappa shape index (κ1) is 27.7. The van der Waals surface area contributed by atoms with E-state index in [0.717, 1.165) is 24.0 Å². The van der Waals surface area contributed by atoms with Gasteiger partial charge in [0.1, 0.15) is 23.3 Å². The molecule has 2 fully saturated rings. The first-order valence-electron chi connectivity index (χ1n) is 13.6. The van der Waals surface area contributed by atoms with Gasteiger partial charge in [0.05, 0.1) is 12.6 Å². The average Bonchev–Trinajstić information content (AvgIpc) is 3.16. The van der Waals surface area contributed by atoms with Gasteiger partial charge in [0, 0.05) is 44.2 Å². The lowest BCUT2D eigenvalue weighted by atomic mass is 10.0. The number of hydrazine groups is 1. The fourth-order valence-corrected chi connectivity index (χ4v) is 5.76. The maximum Gasteiger partial charge on any atom is 0.410 e. The Morgan fingerprint density at radius 2 is 2.00 bits per heavy atom. The molecule has 5 heterocycles. The summed E-state index contributed by atoms with van der Waals surface area (Å²) in [6.07, 6.45) is 6.08. The Balaban J connectivity index is 1.23. The number of aliphatic hydroxyl groups excluding tert-OH is 1. The van der Waals surface area contributed by atoms with Gasteiger partial charge in [-0.25, -0.2) is 15.6 Å². The summed E-state index contributed by atoms with van der Waals surface area (Å²) in [7, 11) is 2.16. The number of anilines is 1. The maximum absolute atomic E-state index is 13.1. The molecule has 2 saturated heterocycles. The highest BCUT2D eigenvalue weighted by Gasteiger charge is 2.40. The lowest BCUT2D eigenvalue weighted by molar-refractivity contribution is 0.00900. The van der Waals surface area contributed by atoms with Crippen LogP contribution in [0.4, 0.5) is 10.6 Å². The molecule has 3 aliphatic heterocycles. The van der Waals surface area contributed by atoms with Gasteiger partial charge in [0.2, 0.25) is 0 Å². The van der Waals surface area contributed by atoms with Gasteiger partial charge in [-0.3, -0.25) is 14.8 Å². The van der Waals surface area contributed by atoms with E-state index < -0.39 is 11.9 Å². The number of pyridine rings is 2. The zero-order valence-corrected chi connectivity index (χ0v) is 22.9. The first-order chi connectivity index (χ1) is 19.3. The van der Waals surface area contributed by atoms with E-state index in [4.69, 9.17) is 16.4 Å². The molecule has 0 spiro atoms. The lowest BCUT2D eigenvalue weighted by Gasteiger charge is -2.37. The van der Waals surface area contributed by atoms with E-state index in [9.17, 15) is 14.7 Å². The third-order valence-corrected chi connectivity index (χ3v) is 8.23. The van der Waals surface area contributed by atoms with Crippen LogP contribution in [0.1, 0.15) is 59.9 Å². The van der Waals surface area contributed by atoms with Crippen LogP contribution in [0.15, 0.2) is 35.6 Å². The third kappa shape index (κ3) is 5.71. The summed E-state index contributed by atoms with van der Waals surface area (Å²) >= 11 is 0. The normalized spacial score (nSPS) is 23.4. The van der Waals surface area contributed by atoms with Crippen molar-refractivity contribution in [3.8, 4) is 0 Å². The van der Waals surface area contributed by atoms with E-state index in [-0.39, 0.29) is 36.2 Å². The minimum Gasteiger partial charge on any atom is -0.446 e. The summed E-state index contributed by atoms with van der Waals surface area (Å²) in [5.74, 6) is 11.5. The number of aliphatic hydroxyl groups is 1. The molecule has 0 aliphatic carbocycles. The van der Waals surface area contributed by atoms with Crippen LogP contribution >= 0.6 is 0 Å². The topological polar surface area (TPSA) is 176 Å². The Morgan fingerprint density at radius 3 is 2.70 bits per heavy atom. The molecular formula is C27H37N9O4. The molecule has 0 saturated carbocycles. The van der Waals surface area contributed by atoms with E-state index in [1.807, 2.05) is 0 Å². The van der Waals surface area contributed by atoms with Crippen molar-refractivity contribution < 1.29 is 19.4 Å². The minimum absolute atomic E-state index is 0.0485. The SMILES string of the molecule is CC(CO)N(N)/C(=N\N)c1cccc(NC(=O)c2cc3c(cn2)CCN(C(=O)OC2CC4CCC(C2)N4C)C3)n1. The highest BCUT2D eigenvalue weighted by atomic mass is 16.6. The van der Waals surface area contributed by atoms with Crippen LogP contribution in [0.3, 0.4) is 0 Å². The van der Waals surface area contributed by atoms with Crippen molar-refractivity contribution in [2.24, 2.45) is 16.8 Å². The number of aromatic nitrogens is 2. The quantitative estimate of drug-likeness (QED) is 0.176. The van der Waals surface area contributed by atoms with E-state index in [1.165, 1.54) is 17.9 Å². The number of piperidine rings is 1. The summed E-state index contributed by atoms with van der Waals surface area (Å²) in [4.78, 5) is 38.9. The molecule has 13 heteroatoms. The summed E-state index contributed by atoms with van der Waals surface area (Å²) in [5.41, 5.74) is 2.40. The largest absolute Gasteiger partial charge is 0.446 e. The van der Waals surface area contributed by atoms with Crippen LogP contribution < -0.4 is 17.0 Å². The molecule has 2 aromatic heterocycles. The zero-order chi connectivity index (χ0) is 28.4. The lowest BCUT2D eigenvalue weighted by Crippen LogP contribution is -2.47. The van der Waals surface area contributed by atoms with Gasteiger partial charge in [-0.1, -0.05) is 6.07 Å². The summed E-state index contributed by atoms with van der Waals surface area (Å²) in [6.45, 7) is 2.41. The summed E-state index contributed by atoms with van der Waals surface area (Å²) in [6, 6.07) is 7.20. The standard InChI is InChI=1S/C27H37N9O4/c1-16(15-37)36(29)25(33-28)22-4-3-5-24(31-22)32-26(38)23-10-18-14-35(9-8-17(18)13-30-23)27(39)40-21-11-19-6-7-20(12-21)34(19)2/h3-5,10,13,16,19-21,37H,6-9,11-12,14-15,28-29H2,1-2H3,(H,31,32,38)/b33-25-. The Kier molecular flexibility index (Phi) is 8.14. The molecule has 3 aliphatic rings. The summed E-state index contributed by atoms with van der Waals surface area (Å²) in [5, 5.41) is 17.1. The third-order valence-electron chi connectivity index (χ3n) is 8.23. The number of nitrogens with two attached hydrogens (primary N) is 2. The van der Waals surface area contributed by atoms with Crippen LogP contribution in [0.25, 0.3) is 0 Å². The Labute approximate surface area is 233 Å². The molecule has 0 radical (unpaired) electrons. The number of amides is 2. The van der Waals surface area contributed by atoms with Crippen LogP contribution in [-0.4, -0.2) is 92.1 Å². The molecule has 6 N–H and O–H groups in total. The molecule has 2 amide bonds. The van der Waals surface area contributed by atoms with Gasteiger partial charge in [-0.05, 0) is 62.6 Å². The Bertz CT molecular complexity index is 1270. The van der Waals surface area contributed by atoms with Gasteiger partial charge >= 0.3 is 6.09 Å². The molecule has 2 bridgehead atoms. The van der Waals surface area contributed by atoms with Gasteiger partial charge in [0.15, 0.2) is 5.84 Å². The van der Waals surface area contributed by atoms with Gasteiger partial charge in [-0.15, -0.1) is 0 Å². The number of carbonyl (C=O) groups is 2. The predicted octanol–water partition coefficient (Wildman–Crippen LogP) is 1.03. The van der Waals surface area contributed by atoms with Crippen LogP contribution in [0.5, 0.6) is 0 Å². The zero-order valence-electron chi connectivity index (χ0n) is 22.9. The van der Waals surface area contributed by atoms with Crippen molar-refractivity contribution in [1.29, 1.82) is 0 Å². The number of hydrogen-bond donors (Lipinski definition) is 4. The van der Waals surface area contributed by atoms with Crippen LogP contribution in [-0.2, 0) is 17.7 Å². The second-order valence-corrected chi connectivity index (χ2v) is 10.8. The molecule has 3 atom stereocenters. The van der Waals surface area contributed by atoms with Crippen LogP contribution in [0.2, 0.25) is 0 Å². The van der Waals surface area contributed by atoms with E-state index in [2.05, 4.69) is 32.3 Å². The first-order valence-corrected chi connectivity index (χ1v) is 13.6. The van der Waals surface area contributed by atoms with Crippen molar-refractivity contribution in [1.82, 2.24) is 24.8 Å². The Hall–Kier alpha value is -3.81. The molecule has 3 unspecified atom stereocenters. The molecule has 214 valence electrons. The molecular weight excluding hydrogens is 514 g/mol. The molecule has 2 aromatic rings. The monoisotopic (exact) mass is 551 g/mol. The highest BCUT2D eigenvalue weighted by Crippen LogP contribution is 2.35. The smallest absolute Gasteiger partial charge is 0.410 e. The van der Waals surface area contributed by atoms with Crippen molar-refractivity contribution >= 4 is 23.7 Å². The van der Waals surface area contributed by atoms with Crippen molar-refractivity contribution in [3.63, 3.8) is 0 Å². The number of hydrogen-bond acceptors (Lipinski definition) is 10. The molecule has 40 heavy (non-hydrogen) atoms. The van der Waals surface area contributed by atoms with Crippen LogP contribution in [0, 0.1) is 0 Å². The average molecular weight is 552 g/mol. The van der Waals surface area contributed by atoms with Gasteiger partial charge in [-0.2, -0.15) is 5.10 Å². The number of carbonyl (C=O) groups excluding carboxylic acids is 2. The highest BCUT2D eigenvalue weighted by molar-refractivity contribution is 6.03. The number of ether oxygens (including phenoxy) is 1. The van der Waals surface area contributed by atoms with Gasteiger partial charge < -0.3 is 30.8 Å². The maximum atomic E-state index is 13.1. The number of rotatable bonds is 6. The second-order valence-electron chi connectivity index (χ2n) is 10.8. The number of fused-ring (bicyclic) bond motifs is 3. The van der Waals surface area contributed by atoms with E-state index in [0.29, 0.717) is 37.3 Å².